The number of ether oxygens (including phenoxy) is 1. The Bertz CT molecular complexity index is 459. The summed E-state index contributed by atoms with van der Waals surface area (Å²) >= 11 is 0. The molecule has 144 valence electrons. The van der Waals surface area contributed by atoms with Gasteiger partial charge in [0, 0.05) is 5.41 Å². The second-order valence-corrected chi connectivity index (χ2v) is 8.59. The fraction of sp³-hybridized carbons (Fsp3) is 0.850. The highest BCUT2D eigenvalue weighted by Crippen LogP contribution is 2.27. The van der Waals surface area contributed by atoms with Gasteiger partial charge in [0.1, 0.15) is 6.04 Å². The van der Waals surface area contributed by atoms with E-state index in [0.717, 1.165) is 18.8 Å². The standard InChI is InChI=1S/C20H35NO4/c1-14(2)16(21-18(23)17(22)20(3,4)5)19(24)25-13-9-12-15-10-7-6-8-11-15/h14-16H,6-13H2,1-5H3,(H,21,23)/t16-/m0/s1. The lowest BCUT2D eigenvalue weighted by Crippen LogP contribution is -2.49. The summed E-state index contributed by atoms with van der Waals surface area (Å²) in [6.07, 6.45) is 8.49. The van der Waals surface area contributed by atoms with Crippen molar-refractivity contribution in [1.82, 2.24) is 5.32 Å². The van der Waals surface area contributed by atoms with Crippen LogP contribution in [0.15, 0.2) is 0 Å². The molecule has 1 aliphatic carbocycles. The summed E-state index contributed by atoms with van der Waals surface area (Å²) < 4.78 is 5.36. The lowest BCUT2D eigenvalue weighted by Gasteiger charge is -2.23. The van der Waals surface area contributed by atoms with Crippen molar-refractivity contribution in [2.75, 3.05) is 6.61 Å². The van der Waals surface area contributed by atoms with Crippen LogP contribution < -0.4 is 5.32 Å². The first-order valence-electron chi connectivity index (χ1n) is 9.65. The maximum atomic E-state index is 12.3. The van der Waals surface area contributed by atoms with Gasteiger partial charge in [0.25, 0.3) is 5.91 Å². The molecule has 0 bridgehead atoms. The van der Waals surface area contributed by atoms with Crippen LogP contribution in [0, 0.1) is 17.3 Å². The molecule has 1 aliphatic rings. The molecule has 1 atom stereocenters. The first kappa shape index (κ1) is 21.7. The van der Waals surface area contributed by atoms with Crippen molar-refractivity contribution in [2.24, 2.45) is 17.3 Å². The minimum Gasteiger partial charge on any atom is -0.464 e. The van der Waals surface area contributed by atoms with E-state index in [0.29, 0.717) is 6.61 Å². The van der Waals surface area contributed by atoms with Gasteiger partial charge in [0.15, 0.2) is 0 Å². The predicted octanol–water partition coefficient (Wildman–Crippen LogP) is 3.65. The molecular weight excluding hydrogens is 318 g/mol. The summed E-state index contributed by atoms with van der Waals surface area (Å²) in [7, 11) is 0. The number of ketones is 1. The number of hydrogen-bond donors (Lipinski definition) is 1. The van der Waals surface area contributed by atoms with Crippen LogP contribution in [0.4, 0.5) is 0 Å². The third-order valence-electron chi connectivity index (χ3n) is 4.82. The average Bonchev–Trinajstić information content (AvgIpc) is 2.55. The molecule has 1 N–H and O–H groups in total. The summed E-state index contributed by atoms with van der Waals surface area (Å²) in [6.45, 7) is 9.09. The molecule has 0 radical (unpaired) electrons. The summed E-state index contributed by atoms with van der Waals surface area (Å²) in [6, 6.07) is -0.784. The summed E-state index contributed by atoms with van der Waals surface area (Å²) in [5.41, 5.74) is -0.768. The fourth-order valence-electron chi connectivity index (χ4n) is 3.16. The quantitative estimate of drug-likeness (QED) is 0.411. The highest BCUT2D eigenvalue weighted by molar-refractivity contribution is 6.38. The number of nitrogens with one attached hydrogen (secondary N) is 1. The Morgan fingerprint density at radius 1 is 1.08 bits per heavy atom. The van der Waals surface area contributed by atoms with Crippen molar-refractivity contribution in [3.05, 3.63) is 0 Å². The number of hydrogen-bond acceptors (Lipinski definition) is 4. The van der Waals surface area contributed by atoms with Gasteiger partial charge < -0.3 is 10.1 Å². The molecule has 0 heterocycles. The normalized spacial score (nSPS) is 17.2. The maximum Gasteiger partial charge on any atom is 0.328 e. The number of esters is 1. The summed E-state index contributed by atoms with van der Waals surface area (Å²) in [5, 5.41) is 2.55. The van der Waals surface area contributed by atoms with Crippen molar-refractivity contribution in [2.45, 2.75) is 85.6 Å². The molecule has 0 aliphatic heterocycles. The van der Waals surface area contributed by atoms with Crippen molar-refractivity contribution >= 4 is 17.7 Å². The second-order valence-electron chi connectivity index (χ2n) is 8.59. The number of carbonyl (C=O) groups excluding carboxylic acids is 3. The Morgan fingerprint density at radius 2 is 1.68 bits per heavy atom. The van der Waals surface area contributed by atoms with Gasteiger partial charge in [-0.1, -0.05) is 66.7 Å². The van der Waals surface area contributed by atoms with Gasteiger partial charge in [0.05, 0.1) is 6.61 Å². The Labute approximate surface area is 152 Å². The van der Waals surface area contributed by atoms with Gasteiger partial charge in [-0.05, 0) is 24.7 Å². The van der Waals surface area contributed by atoms with E-state index in [1.807, 2.05) is 13.8 Å². The molecule has 5 heteroatoms. The third-order valence-corrected chi connectivity index (χ3v) is 4.82. The predicted molar refractivity (Wildman–Crippen MR) is 98.0 cm³/mol. The Morgan fingerprint density at radius 3 is 2.20 bits per heavy atom. The molecule has 25 heavy (non-hydrogen) atoms. The molecular formula is C20H35NO4. The molecule has 0 spiro atoms. The molecule has 1 rings (SSSR count). The number of rotatable bonds is 8. The van der Waals surface area contributed by atoms with Crippen LogP contribution in [-0.4, -0.2) is 30.3 Å². The molecule has 0 aromatic carbocycles. The van der Waals surface area contributed by atoms with Crippen LogP contribution in [0.2, 0.25) is 0 Å². The van der Waals surface area contributed by atoms with Gasteiger partial charge in [-0.2, -0.15) is 0 Å². The fourth-order valence-corrected chi connectivity index (χ4v) is 3.16. The topological polar surface area (TPSA) is 72.5 Å². The lowest BCUT2D eigenvalue weighted by atomic mass is 9.86. The van der Waals surface area contributed by atoms with Crippen molar-refractivity contribution in [1.29, 1.82) is 0 Å². The monoisotopic (exact) mass is 353 g/mol. The Kier molecular flexibility index (Phi) is 8.60. The van der Waals surface area contributed by atoms with Crippen LogP contribution in [0.5, 0.6) is 0 Å². The first-order valence-corrected chi connectivity index (χ1v) is 9.65. The van der Waals surface area contributed by atoms with Crippen LogP contribution in [0.1, 0.15) is 79.6 Å². The van der Waals surface area contributed by atoms with E-state index < -0.39 is 29.1 Å². The largest absolute Gasteiger partial charge is 0.464 e. The van der Waals surface area contributed by atoms with Gasteiger partial charge in [-0.3, -0.25) is 9.59 Å². The van der Waals surface area contributed by atoms with Crippen molar-refractivity contribution in [3.8, 4) is 0 Å². The molecule has 1 saturated carbocycles. The van der Waals surface area contributed by atoms with Crippen molar-refractivity contribution in [3.63, 3.8) is 0 Å². The zero-order valence-corrected chi connectivity index (χ0v) is 16.5. The summed E-state index contributed by atoms with van der Waals surface area (Å²) in [5.74, 6) is -1.07. The SMILES string of the molecule is CC(C)[C@H](NC(=O)C(=O)C(C)(C)C)C(=O)OCCCC1CCCCC1. The summed E-state index contributed by atoms with van der Waals surface area (Å²) in [4.78, 5) is 36.4. The molecule has 1 amide bonds. The molecule has 5 nitrogen and oxygen atoms in total. The van der Waals surface area contributed by atoms with Crippen LogP contribution in [-0.2, 0) is 19.1 Å². The molecule has 0 aromatic heterocycles. The number of carbonyl (C=O) groups is 3. The van der Waals surface area contributed by atoms with E-state index in [1.54, 1.807) is 20.8 Å². The number of Topliss-reactive ketones (excluding diaryl/α,β-unsaturated/α-hetero) is 1. The van der Waals surface area contributed by atoms with E-state index in [9.17, 15) is 14.4 Å². The van der Waals surface area contributed by atoms with Crippen LogP contribution in [0.25, 0.3) is 0 Å². The molecule has 0 unspecified atom stereocenters. The van der Waals surface area contributed by atoms with Gasteiger partial charge in [0.2, 0.25) is 5.78 Å². The van der Waals surface area contributed by atoms with E-state index in [4.69, 9.17) is 4.74 Å². The van der Waals surface area contributed by atoms with E-state index in [1.165, 1.54) is 32.1 Å². The van der Waals surface area contributed by atoms with Crippen LogP contribution >= 0.6 is 0 Å². The van der Waals surface area contributed by atoms with Crippen LogP contribution in [0.3, 0.4) is 0 Å². The highest BCUT2D eigenvalue weighted by atomic mass is 16.5. The minimum atomic E-state index is -0.784. The number of amides is 1. The van der Waals surface area contributed by atoms with E-state index in [2.05, 4.69) is 5.32 Å². The zero-order valence-electron chi connectivity index (χ0n) is 16.5. The van der Waals surface area contributed by atoms with Gasteiger partial charge in [-0.25, -0.2) is 4.79 Å². The third kappa shape index (κ3) is 7.57. The smallest absolute Gasteiger partial charge is 0.328 e. The van der Waals surface area contributed by atoms with E-state index in [-0.39, 0.29) is 5.92 Å². The molecule has 0 saturated heterocycles. The van der Waals surface area contributed by atoms with Gasteiger partial charge >= 0.3 is 5.97 Å². The second kappa shape index (κ2) is 9.93. The lowest BCUT2D eigenvalue weighted by molar-refractivity contribution is -0.151. The molecule has 1 fully saturated rings. The van der Waals surface area contributed by atoms with Gasteiger partial charge in [-0.15, -0.1) is 0 Å². The average molecular weight is 354 g/mol. The highest BCUT2D eigenvalue weighted by Gasteiger charge is 2.33. The zero-order chi connectivity index (χ0) is 19.0. The maximum absolute atomic E-state index is 12.3. The first-order chi connectivity index (χ1) is 11.6. The Balaban J connectivity index is 2.42. The van der Waals surface area contributed by atoms with Crippen molar-refractivity contribution < 1.29 is 19.1 Å². The molecule has 0 aromatic rings. The van der Waals surface area contributed by atoms with E-state index >= 15 is 0 Å². The minimum absolute atomic E-state index is 0.137. The Hall–Kier alpha value is -1.39.